The van der Waals surface area contributed by atoms with E-state index in [1.807, 2.05) is 24.3 Å². The van der Waals surface area contributed by atoms with Crippen LogP contribution in [0.3, 0.4) is 0 Å². The highest BCUT2D eigenvalue weighted by Crippen LogP contribution is 2.17. The van der Waals surface area contributed by atoms with E-state index < -0.39 is 0 Å². The molecule has 0 bridgehead atoms. The molecule has 2 heterocycles. The van der Waals surface area contributed by atoms with E-state index in [1.165, 1.54) is 5.56 Å². The van der Waals surface area contributed by atoms with Crippen molar-refractivity contribution in [1.82, 2.24) is 19.9 Å². The smallest absolute Gasteiger partial charge is 0.258 e. The van der Waals surface area contributed by atoms with Crippen LogP contribution >= 0.6 is 11.3 Å². The Morgan fingerprint density at radius 2 is 1.79 bits per heavy atom. The van der Waals surface area contributed by atoms with Gasteiger partial charge in [-0.15, -0.1) is 11.3 Å². The largest absolute Gasteiger partial charge is 0.309 e. The van der Waals surface area contributed by atoms with Gasteiger partial charge in [0.25, 0.3) is 5.56 Å². The molecular formula is C22H22N4OS. The number of aromatic amines is 1. The van der Waals surface area contributed by atoms with E-state index in [0.29, 0.717) is 17.8 Å². The quantitative estimate of drug-likeness (QED) is 0.518. The molecule has 0 saturated carbocycles. The predicted molar refractivity (Wildman–Crippen MR) is 114 cm³/mol. The minimum atomic E-state index is -0.0875. The molecule has 0 aliphatic rings. The first-order valence-electron chi connectivity index (χ1n) is 9.39. The van der Waals surface area contributed by atoms with Crippen molar-refractivity contribution in [3.8, 4) is 0 Å². The Labute approximate surface area is 167 Å². The van der Waals surface area contributed by atoms with Crippen molar-refractivity contribution in [1.29, 1.82) is 0 Å². The van der Waals surface area contributed by atoms with Gasteiger partial charge in [-0.25, -0.2) is 9.97 Å². The monoisotopic (exact) mass is 390 g/mol. The topological polar surface area (TPSA) is 61.9 Å². The summed E-state index contributed by atoms with van der Waals surface area (Å²) in [4.78, 5) is 26.8. The van der Waals surface area contributed by atoms with Crippen LogP contribution in [0.5, 0.6) is 0 Å². The standard InChI is InChI=1S/C22H22N4OS/c1-2-26(14-20-24-19-11-7-6-10-18(19)22(27)25-20)13-17-15-28-21(23-17)12-16-8-4-3-5-9-16/h3-11,15H,2,12-14H2,1H3,(H,24,25,27). The maximum atomic E-state index is 12.3. The summed E-state index contributed by atoms with van der Waals surface area (Å²) in [5, 5.41) is 3.87. The number of H-pyrrole nitrogens is 1. The third-order valence-corrected chi connectivity index (χ3v) is 5.56. The molecule has 5 nitrogen and oxygen atoms in total. The minimum Gasteiger partial charge on any atom is -0.309 e. The van der Waals surface area contributed by atoms with Crippen LogP contribution in [-0.4, -0.2) is 26.4 Å². The normalized spacial score (nSPS) is 11.4. The predicted octanol–water partition coefficient (Wildman–Crippen LogP) is 3.99. The first-order valence-corrected chi connectivity index (χ1v) is 10.3. The number of thiazole rings is 1. The molecule has 1 N–H and O–H groups in total. The van der Waals surface area contributed by atoms with Crippen LogP contribution in [0, 0.1) is 0 Å². The molecule has 0 fully saturated rings. The molecule has 0 aliphatic heterocycles. The van der Waals surface area contributed by atoms with Crippen molar-refractivity contribution in [3.05, 3.63) is 92.4 Å². The second-order valence-corrected chi connectivity index (χ2v) is 7.67. The van der Waals surface area contributed by atoms with Gasteiger partial charge in [0.1, 0.15) is 5.82 Å². The van der Waals surface area contributed by atoms with E-state index >= 15 is 0 Å². The molecule has 0 radical (unpaired) electrons. The molecule has 0 aliphatic carbocycles. The summed E-state index contributed by atoms with van der Waals surface area (Å²) in [5.41, 5.74) is 2.97. The third kappa shape index (κ3) is 4.35. The number of para-hydroxylation sites is 1. The summed E-state index contributed by atoms with van der Waals surface area (Å²) in [5.74, 6) is 0.685. The highest BCUT2D eigenvalue weighted by Gasteiger charge is 2.11. The van der Waals surface area contributed by atoms with Crippen molar-refractivity contribution in [3.63, 3.8) is 0 Å². The van der Waals surface area contributed by atoms with E-state index in [-0.39, 0.29) is 5.56 Å². The summed E-state index contributed by atoms with van der Waals surface area (Å²) in [7, 11) is 0. The molecule has 2 aromatic carbocycles. The summed E-state index contributed by atoms with van der Waals surface area (Å²) in [6.07, 6.45) is 0.858. The van der Waals surface area contributed by atoms with E-state index in [9.17, 15) is 4.79 Å². The lowest BCUT2D eigenvalue weighted by Crippen LogP contribution is -2.25. The Morgan fingerprint density at radius 1 is 1.00 bits per heavy atom. The van der Waals surface area contributed by atoms with E-state index in [4.69, 9.17) is 4.98 Å². The number of nitrogens with one attached hydrogen (secondary N) is 1. The van der Waals surface area contributed by atoms with E-state index in [0.717, 1.165) is 35.7 Å². The summed E-state index contributed by atoms with van der Waals surface area (Å²) in [6, 6.07) is 17.8. The van der Waals surface area contributed by atoms with Crippen molar-refractivity contribution in [2.24, 2.45) is 0 Å². The van der Waals surface area contributed by atoms with E-state index in [1.54, 1.807) is 17.4 Å². The number of hydrogen-bond acceptors (Lipinski definition) is 5. The number of nitrogens with zero attached hydrogens (tertiary/aromatic N) is 3. The first-order chi connectivity index (χ1) is 13.7. The van der Waals surface area contributed by atoms with Gasteiger partial charge in [0, 0.05) is 18.3 Å². The number of aromatic nitrogens is 3. The minimum absolute atomic E-state index is 0.0875. The van der Waals surface area contributed by atoms with E-state index in [2.05, 4.69) is 51.4 Å². The third-order valence-electron chi connectivity index (χ3n) is 4.67. The van der Waals surface area contributed by atoms with Crippen molar-refractivity contribution >= 4 is 22.2 Å². The molecule has 0 unspecified atom stereocenters. The maximum Gasteiger partial charge on any atom is 0.258 e. The van der Waals surface area contributed by atoms with Crippen molar-refractivity contribution in [2.45, 2.75) is 26.4 Å². The Kier molecular flexibility index (Phi) is 5.60. The van der Waals surface area contributed by atoms with Gasteiger partial charge in [0.15, 0.2) is 0 Å². The highest BCUT2D eigenvalue weighted by atomic mass is 32.1. The van der Waals surface area contributed by atoms with Gasteiger partial charge < -0.3 is 4.98 Å². The molecule has 4 aromatic rings. The van der Waals surface area contributed by atoms with Gasteiger partial charge >= 0.3 is 0 Å². The lowest BCUT2D eigenvalue weighted by Gasteiger charge is -2.18. The number of hydrogen-bond donors (Lipinski definition) is 1. The summed E-state index contributed by atoms with van der Waals surface area (Å²) >= 11 is 1.70. The molecule has 0 amide bonds. The maximum absolute atomic E-state index is 12.3. The Hall–Kier alpha value is -2.83. The zero-order chi connectivity index (χ0) is 19.3. The molecule has 6 heteroatoms. The number of fused-ring (bicyclic) bond motifs is 1. The molecule has 142 valence electrons. The van der Waals surface area contributed by atoms with Gasteiger partial charge in [-0.3, -0.25) is 9.69 Å². The molecular weight excluding hydrogens is 368 g/mol. The molecule has 0 atom stereocenters. The lowest BCUT2D eigenvalue weighted by atomic mass is 10.2. The zero-order valence-corrected chi connectivity index (χ0v) is 16.6. The van der Waals surface area contributed by atoms with Crippen molar-refractivity contribution < 1.29 is 0 Å². The van der Waals surface area contributed by atoms with Gasteiger partial charge in [-0.1, -0.05) is 49.4 Å². The molecule has 4 rings (SSSR count). The zero-order valence-electron chi connectivity index (χ0n) is 15.8. The first kappa shape index (κ1) is 18.5. The molecule has 0 spiro atoms. The molecule has 2 aromatic heterocycles. The van der Waals surface area contributed by atoms with Crippen molar-refractivity contribution in [2.75, 3.05) is 6.54 Å². The Bertz CT molecular complexity index is 1120. The SMILES string of the molecule is CCN(Cc1csc(Cc2ccccc2)n1)Cc1nc2ccccc2c(=O)[nH]1. The number of rotatable bonds is 7. The van der Waals surface area contributed by atoms with Crippen LogP contribution in [0.1, 0.15) is 29.0 Å². The van der Waals surface area contributed by atoms with Crippen LogP contribution in [0.15, 0.2) is 64.8 Å². The lowest BCUT2D eigenvalue weighted by molar-refractivity contribution is 0.262. The van der Waals surface area contributed by atoms with Gasteiger partial charge in [0.05, 0.1) is 28.1 Å². The van der Waals surface area contributed by atoms with Gasteiger partial charge in [-0.05, 0) is 24.2 Å². The fraction of sp³-hybridized carbons (Fsp3) is 0.227. The Morgan fingerprint density at radius 3 is 2.61 bits per heavy atom. The summed E-state index contributed by atoms with van der Waals surface area (Å²) < 4.78 is 0. The number of benzene rings is 2. The second-order valence-electron chi connectivity index (χ2n) is 6.73. The molecule has 0 saturated heterocycles. The van der Waals surface area contributed by atoms with Crippen LogP contribution in [0.2, 0.25) is 0 Å². The Balaban J connectivity index is 1.46. The van der Waals surface area contributed by atoms with Crippen LogP contribution in [0.25, 0.3) is 10.9 Å². The average molecular weight is 391 g/mol. The van der Waals surface area contributed by atoms with Crippen LogP contribution < -0.4 is 5.56 Å². The van der Waals surface area contributed by atoms with Gasteiger partial charge in [-0.2, -0.15) is 0 Å². The van der Waals surface area contributed by atoms with Crippen LogP contribution in [-0.2, 0) is 19.5 Å². The van der Waals surface area contributed by atoms with Gasteiger partial charge in [0.2, 0.25) is 0 Å². The fourth-order valence-electron chi connectivity index (χ4n) is 3.20. The highest BCUT2D eigenvalue weighted by molar-refractivity contribution is 7.09. The molecule has 28 heavy (non-hydrogen) atoms. The fourth-order valence-corrected chi connectivity index (χ4v) is 4.02. The second kappa shape index (κ2) is 8.46. The van der Waals surface area contributed by atoms with Crippen LogP contribution in [0.4, 0.5) is 0 Å². The summed E-state index contributed by atoms with van der Waals surface area (Å²) in [6.45, 7) is 4.28. The average Bonchev–Trinajstić information content (AvgIpc) is 3.15.